The Bertz CT molecular complexity index is 619. The normalized spacial score (nSPS) is 11.5. The first kappa shape index (κ1) is 17.1. The molecule has 9 nitrogen and oxygen atoms in total. The van der Waals surface area contributed by atoms with Crippen molar-refractivity contribution in [2.24, 2.45) is 0 Å². The number of ether oxygens (including phenoxy) is 1. The molecule has 0 aliphatic heterocycles. The van der Waals surface area contributed by atoms with Gasteiger partial charge >= 0.3 is 5.97 Å². The molecule has 0 amide bonds. The van der Waals surface area contributed by atoms with Gasteiger partial charge in [-0.15, -0.1) is 0 Å². The van der Waals surface area contributed by atoms with Gasteiger partial charge < -0.3 is 9.84 Å². The average molecular weight is 316 g/mol. The fourth-order valence-corrected chi connectivity index (χ4v) is 2.95. The van der Waals surface area contributed by atoms with Crippen molar-refractivity contribution in [1.29, 1.82) is 5.26 Å². The first-order valence-corrected chi connectivity index (χ1v) is 7.46. The van der Waals surface area contributed by atoms with Crippen LogP contribution in [0, 0.1) is 11.3 Å². The van der Waals surface area contributed by atoms with Crippen molar-refractivity contribution in [1.82, 2.24) is 14.1 Å². The van der Waals surface area contributed by atoms with Gasteiger partial charge in [0.25, 0.3) is 0 Å². The highest BCUT2D eigenvalue weighted by atomic mass is 32.2. The van der Waals surface area contributed by atoms with Crippen molar-refractivity contribution < 1.29 is 23.1 Å². The molecule has 1 aromatic heterocycles. The topological polar surface area (TPSA) is 126 Å². The maximum atomic E-state index is 12.4. The first-order valence-electron chi connectivity index (χ1n) is 6.02. The second kappa shape index (κ2) is 7.72. The molecule has 1 heterocycles. The largest absolute Gasteiger partial charge is 0.480 e. The van der Waals surface area contributed by atoms with E-state index in [1.165, 1.54) is 7.11 Å². The summed E-state index contributed by atoms with van der Waals surface area (Å²) in [6.07, 6.45) is 2.28. The molecule has 0 spiro atoms. The molecule has 10 heteroatoms. The number of nitriles is 1. The highest BCUT2D eigenvalue weighted by molar-refractivity contribution is 7.89. The molecule has 21 heavy (non-hydrogen) atoms. The van der Waals surface area contributed by atoms with Gasteiger partial charge in [-0.1, -0.05) is 0 Å². The van der Waals surface area contributed by atoms with Gasteiger partial charge in [0, 0.05) is 32.8 Å². The lowest BCUT2D eigenvalue weighted by atomic mass is 10.4. The zero-order chi connectivity index (χ0) is 15.9. The third kappa shape index (κ3) is 4.82. The van der Waals surface area contributed by atoms with Gasteiger partial charge in [0.15, 0.2) is 0 Å². The van der Waals surface area contributed by atoms with Crippen LogP contribution in [0.1, 0.15) is 6.42 Å². The summed E-state index contributed by atoms with van der Waals surface area (Å²) in [7, 11) is -2.39. The number of aromatic nitrogens is 2. The monoisotopic (exact) mass is 316 g/mol. The van der Waals surface area contributed by atoms with Crippen molar-refractivity contribution >= 4 is 16.0 Å². The lowest BCUT2D eigenvalue weighted by Crippen LogP contribution is -2.34. The molecule has 0 bridgehead atoms. The Morgan fingerprint density at radius 2 is 2.29 bits per heavy atom. The first-order chi connectivity index (χ1) is 9.91. The van der Waals surface area contributed by atoms with Gasteiger partial charge in [0.1, 0.15) is 11.4 Å². The van der Waals surface area contributed by atoms with E-state index in [2.05, 4.69) is 5.10 Å². The van der Waals surface area contributed by atoms with Crippen molar-refractivity contribution in [3.8, 4) is 6.07 Å². The number of hydrogen-bond donors (Lipinski definition) is 1. The van der Waals surface area contributed by atoms with Gasteiger partial charge in [0.05, 0.1) is 18.9 Å². The minimum absolute atomic E-state index is 0.0340. The van der Waals surface area contributed by atoms with E-state index in [1.807, 2.05) is 6.07 Å². The van der Waals surface area contributed by atoms with Crippen molar-refractivity contribution in [3.05, 3.63) is 12.4 Å². The van der Waals surface area contributed by atoms with Crippen molar-refractivity contribution in [2.75, 3.05) is 26.8 Å². The van der Waals surface area contributed by atoms with E-state index in [1.54, 1.807) is 0 Å². The van der Waals surface area contributed by atoms with Crippen molar-refractivity contribution in [3.63, 3.8) is 0 Å². The maximum absolute atomic E-state index is 12.4. The van der Waals surface area contributed by atoms with Crippen LogP contribution in [0.3, 0.4) is 0 Å². The minimum atomic E-state index is -3.83. The molecule has 0 atom stereocenters. The molecular formula is C11H16N4O5S. The summed E-state index contributed by atoms with van der Waals surface area (Å²) in [5.74, 6) is -1.12. The Morgan fingerprint density at radius 1 is 1.57 bits per heavy atom. The SMILES string of the molecule is COCCN(CCC#N)S(=O)(=O)c1cnn(CC(=O)O)c1. The molecule has 1 rings (SSSR count). The van der Waals surface area contributed by atoms with Crippen LogP contribution in [0.15, 0.2) is 17.3 Å². The molecule has 116 valence electrons. The third-order valence-electron chi connectivity index (χ3n) is 2.56. The molecule has 0 saturated carbocycles. The fraction of sp³-hybridized carbons (Fsp3) is 0.545. The van der Waals surface area contributed by atoms with Crippen LogP contribution < -0.4 is 0 Å². The molecule has 1 N–H and O–H groups in total. The molecule has 0 aromatic carbocycles. The van der Waals surface area contributed by atoms with Crippen LogP contribution in [0.5, 0.6) is 0 Å². The van der Waals surface area contributed by atoms with E-state index in [0.29, 0.717) is 0 Å². The Balaban J connectivity index is 2.95. The fourth-order valence-electron chi connectivity index (χ4n) is 1.57. The number of carboxylic acids is 1. The molecule has 0 fully saturated rings. The Hall–Kier alpha value is -1.96. The predicted molar refractivity (Wildman–Crippen MR) is 70.7 cm³/mol. The quantitative estimate of drug-likeness (QED) is 0.652. The molecule has 0 unspecified atom stereocenters. The van der Waals surface area contributed by atoms with Gasteiger partial charge in [-0.05, 0) is 0 Å². The van der Waals surface area contributed by atoms with Gasteiger partial charge in [-0.3, -0.25) is 9.48 Å². The zero-order valence-electron chi connectivity index (χ0n) is 11.5. The highest BCUT2D eigenvalue weighted by Gasteiger charge is 2.25. The zero-order valence-corrected chi connectivity index (χ0v) is 12.3. The number of rotatable bonds is 9. The van der Waals surface area contributed by atoms with Crippen LogP contribution >= 0.6 is 0 Å². The van der Waals surface area contributed by atoms with E-state index >= 15 is 0 Å². The molecule has 0 aliphatic carbocycles. The summed E-state index contributed by atoms with van der Waals surface area (Å²) in [5, 5.41) is 20.9. The lowest BCUT2D eigenvalue weighted by molar-refractivity contribution is -0.137. The number of hydrogen-bond acceptors (Lipinski definition) is 6. The highest BCUT2D eigenvalue weighted by Crippen LogP contribution is 2.15. The molecule has 0 radical (unpaired) electrons. The minimum Gasteiger partial charge on any atom is -0.480 e. The Morgan fingerprint density at radius 3 is 2.86 bits per heavy atom. The summed E-state index contributed by atoms with van der Waals surface area (Å²) in [6.45, 7) is -0.101. The Labute approximate surface area is 122 Å². The Kier molecular flexibility index (Phi) is 6.29. The van der Waals surface area contributed by atoms with Crippen LogP contribution in [0.25, 0.3) is 0 Å². The molecule has 1 aromatic rings. The van der Waals surface area contributed by atoms with Gasteiger partial charge in [0.2, 0.25) is 10.0 Å². The van der Waals surface area contributed by atoms with Gasteiger partial charge in [-0.25, -0.2) is 8.42 Å². The number of sulfonamides is 1. The number of methoxy groups -OCH3 is 1. The van der Waals surface area contributed by atoms with Crippen molar-refractivity contribution in [2.45, 2.75) is 17.9 Å². The summed E-state index contributed by atoms with van der Waals surface area (Å²) in [4.78, 5) is 10.5. The summed E-state index contributed by atoms with van der Waals surface area (Å²) >= 11 is 0. The summed E-state index contributed by atoms with van der Waals surface area (Å²) in [6, 6.07) is 1.88. The molecule has 0 saturated heterocycles. The predicted octanol–water partition coefficient (Wildman–Crippen LogP) is -0.482. The number of aliphatic carboxylic acids is 1. The lowest BCUT2D eigenvalue weighted by Gasteiger charge is -2.19. The van der Waals surface area contributed by atoms with Crippen LogP contribution in [0.2, 0.25) is 0 Å². The second-order valence-electron chi connectivity index (χ2n) is 4.07. The van der Waals surface area contributed by atoms with E-state index in [-0.39, 0.29) is 31.0 Å². The van der Waals surface area contributed by atoms with E-state index < -0.39 is 22.5 Å². The van der Waals surface area contributed by atoms with E-state index in [0.717, 1.165) is 21.4 Å². The molecular weight excluding hydrogens is 300 g/mol. The average Bonchev–Trinajstić information content (AvgIpc) is 2.87. The molecule has 0 aliphatic rings. The van der Waals surface area contributed by atoms with E-state index in [4.69, 9.17) is 15.1 Å². The summed E-state index contributed by atoms with van der Waals surface area (Å²) in [5.41, 5.74) is 0. The maximum Gasteiger partial charge on any atom is 0.325 e. The summed E-state index contributed by atoms with van der Waals surface area (Å²) < 4.78 is 31.8. The third-order valence-corrected chi connectivity index (χ3v) is 4.41. The number of carboxylic acid groups (broad SMARTS) is 1. The standard InChI is InChI=1S/C11H16N4O5S/c1-20-6-5-15(4-2-3-12)21(18,19)10-7-13-14(8-10)9-11(16)17/h7-8H,2,4-6,9H2,1H3,(H,16,17). The van der Waals surface area contributed by atoms with Gasteiger partial charge in [-0.2, -0.15) is 14.7 Å². The number of nitrogens with zero attached hydrogens (tertiary/aromatic N) is 4. The van der Waals surface area contributed by atoms with E-state index in [9.17, 15) is 13.2 Å². The smallest absolute Gasteiger partial charge is 0.325 e. The number of carbonyl (C=O) groups is 1. The second-order valence-corrected chi connectivity index (χ2v) is 6.01. The van der Waals surface area contributed by atoms with Crippen LogP contribution in [-0.4, -0.2) is 60.4 Å². The van der Waals surface area contributed by atoms with Crippen LogP contribution in [0.4, 0.5) is 0 Å². The van der Waals surface area contributed by atoms with Crippen LogP contribution in [-0.2, 0) is 26.1 Å².